The van der Waals surface area contributed by atoms with E-state index in [2.05, 4.69) is 73.8 Å². The van der Waals surface area contributed by atoms with E-state index >= 15 is 0 Å². The molecule has 3 aromatic rings. The van der Waals surface area contributed by atoms with Gasteiger partial charge in [0, 0.05) is 11.1 Å². The highest BCUT2D eigenvalue weighted by molar-refractivity contribution is 5.97. The molecule has 2 heteroatoms. The summed E-state index contributed by atoms with van der Waals surface area (Å²) in [6.45, 7) is 4.12. The average Bonchev–Trinajstić information content (AvgIpc) is 3.44. The van der Waals surface area contributed by atoms with E-state index < -0.39 is 0 Å². The third-order valence-corrected chi connectivity index (χ3v) is 5.72. The summed E-state index contributed by atoms with van der Waals surface area (Å²) in [7, 11) is 0. The Kier molecular flexibility index (Phi) is 4.12. The van der Waals surface area contributed by atoms with Crippen LogP contribution in [0.15, 0.2) is 78.9 Å². The van der Waals surface area contributed by atoms with Gasteiger partial charge in [-0.3, -0.25) is 4.79 Å². The van der Waals surface area contributed by atoms with Crippen molar-refractivity contribution >= 4 is 11.6 Å². The summed E-state index contributed by atoms with van der Waals surface area (Å²) in [6.07, 6.45) is 0.845. The molecule has 0 radical (unpaired) electrons. The summed E-state index contributed by atoms with van der Waals surface area (Å²) in [6, 6.07) is 26.9. The van der Waals surface area contributed by atoms with Gasteiger partial charge < -0.3 is 5.32 Å². The standard InChI is InChI=1S/C24H23NO/c1-17-10-9-15-22(18(17)2)25-23(26)21-16-24(21,19-11-5-3-6-12-19)20-13-7-4-8-14-20/h3-15,21H,16H2,1-2H3,(H,25,26)/t21-/m1/s1. The van der Waals surface area contributed by atoms with Crippen LogP contribution in [0.1, 0.15) is 28.7 Å². The van der Waals surface area contributed by atoms with E-state index in [1.807, 2.05) is 24.3 Å². The molecule has 0 spiro atoms. The van der Waals surface area contributed by atoms with Crippen LogP contribution in [0.4, 0.5) is 5.69 Å². The van der Waals surface area contributed by atoms with E-state index in [9.17, 15) is 4.79 Å². The lowest BCUT2D eigenvalue weighted by Gasteiger charge is -2.19. The molecule has 1 amide bonds. The number of carbonyl (C=O) groups is 1. The normalized spacial score (nSPS) is 17.5. The van der Waals surface area contributed by atoms with E-state index in [0.717, 1.165) is 17.7 Å². The lowest BCUT2D eigenvalue weighted by Crippen LogP contribution is -2.22. The molecule has 1 fully saturated rings. The Hall–Kier alpha value is -2.87. The highest BCUT2D eigenvalue weighted by Crippen LogP contribution is 2.59. The van der Waals surface area contributed by atoms with Gasteiger partial charge in [0.25, 0.3) is 0 Å². The molecule has 2 nitrogen and oxygen atoms in total. The molecule has 4 rings (SSSR count). The number of benzene rings is 3. The SMILES string of the molecule is Cc1cccc(NC(=O)[C@H]2CC2(c2ccccc2)c2ccccc2)c1C. The Morgan fingerprint density at radius 2 is 1.42 bits per heavy atom. The first-order valence-corrected chi connectivity index (χ1v) is 9.11. The number of rotatable bonds is 4. The zero-order chi connectivity index (χ0) is 18.1. The molecule has 0 aliphatic heterocycles. The van der Waals surface area contributed by atoms with Crippen molar-refractivity contribution in [2.75, 3.05) is 5.32 Å². The van der Waals surface area contributed by atoms with Gasteiger partial charge in [-0.25, -0.2) is 0 Å². The van der Waals surface area contributed by atoms with Crippen LogP contribution in [0.5, 0.6) is 0 Å². The molecular formula is C24H23NO. The monoisotopic (exact) mass is 341 g/mol. The number of carbonyl (C=O) groups excluding carboxylic acids is 1. The first kappa shape index (κ1) is 16.6. The third-order valence-electron chi connectivity index (χ3n) is 5.72. The maximum Gasteiger partial charge on any atom is 0.228 e. The van der Waals surface area contributed by atoms with E-state index in [1.54, 1.807) is 0 Å². The zero-order valence-corrected chi connectivity index (χ0v) is 15.2. The fourth-order valence-electron chi connectivity index (χ4n) is 3.96. The van der Waals surface area contributed by atoms with Gasteiger partial charge >= 0.3 is 0 Å². The van der Waals surface area contributed by atoms with Crippen LogP contribution in [0.25, 0.3) is 0 Å². The molecule has 0 bridgehead atoms. The summed E-state index contributed by atoms with van der Waals surface area (Å²) < 4.78 is 0. The Balaban J connectivity index is 1.67. The third kappa shape index (κ3) is 2.72. The van der Waals surface area contributed by atoms with Crippen molar-refractivity contribution in [3.63, 3.8) is 0 Å². The predicted molar refractivity (Wildman–Crippen MR) is 106 cm³/mol. The van der Waals surface area contributed by atoms with E-state index in [-0.39, 0.29) is 17.2 Å². The maximum absolute atomic E-state index is 13.1. The second kappa shape index (κ2) is 6.45. The highest BCUT2D eigenvalue weighted by atomic mass is 16.2. The van der Waals surface area contributed by atoms with Crippen molar-refractivity contribution in [1.29, 1.82) is 0 Å². The molecule has 3 aromatic carbocycles. The summed E-state index contributed by atoms with van der Waals surface area (Å²) in [5.41, 5.74) is 5.45. The van der Waals surface area contributed by atoms with Gasteiger partial charge in [-0.2, -0.15) is 0 Å². The van der Waals surface area contributed by atoms with Gasteiger partial charge in [-0.05, 0) is 48.6 Å². The van der Waals surface area contributed by atoms with Crippen molar-refractivity contribution < 1.29 is 4.79 Å². The largest absolute Gasteiger partial charge is 0.326 e. The fraction of sp³-hybridized carbons (Fsp3) is 0.208. The lowest BCUT2D eigenvalue weighted by molar-refractivity contribution is -0.117. The minimum atomic E-state index is -0.218. The predicted octanol–water partition coefficient (Wildman–Crippen LogP) is 5.25. The van der Waals surface area contributed by atoms with Crippen molar-refractivity contribution in [3.05, 3.63) is 101 Å². The molecule has 130 valence electrons. The maximum atomic E-state index is 13.1. The molecule has 1 aliphatic carbocycles. The summed E-state index contributed by atoms with van der Waals surface area (Å²) in [5.74, 6) is 0.0543. The minimum Gasteiger partial charge on any atom is -0.326 e. The average molecular weight is 341 g/mol. The number of amides is 1. The second-order valence-corrected chi connectivity index (χ2v) is 7.20. The molecule has 0 heterocycles. The van der Waals surface area contributed by atoms with Gasteiger partial charge in [0.1, 0.15) is 0 Å². The molecule has 1 saturated carbocycles. The molecular weight excluding hydrogens is 318 g/mol. The van der Waals surface area contributed by atoms with Crippen molar-refractivity contribution in [2.24, 2.45) is 5.92 Å². The minimum absolute atomic E-state index is 0.0489. The van der Waals surface area contributed by atoms with Crippen molar-refractivity contribution in [1.82, 2.24) is 0 Å². The van der Waals surface area contributed by atoms with Crippen LogP contribution < -0.4 is 5.32 Å². The summed E-state index contributed by atoms with van der Waals surface area (Å²) in [4.78, 5) is 13.1. The van der Waals surface area contributed by atoms with Gasteiger partial charge in [-0.1, -0.05) is 72.8 Å². The van der Waals surface area contributed by atoms with Crippen LogP contribution in [0.2, 0.25) is 0 Å². The fourth-order valence-corrected chi connectivity index (χ4v) is 3.96. The first-order chi connectivity index (χ1) is 12.6. The highest BCUT2D eigenvalue weighted by Gasteiger charge is 2.60. The Labute approximate surface area is 154 Å². The number of hydrogen-bond acceptors (Lipinski definition) is 1. The quantitative estimate of drug-likeness (QED) is 0.690. The van der Waals surface area contributed by atoms with Crippen LogP contribution in [0, 0.1) is 19.8 Å². The summed E-state index contributed by atoms with van der Waals surface area (Å²) in [5, 5.41) is 3.17. The lowest BCUT2D eigenvalue weighted by atomic mass is 9.85. The number of anilines is 1. The zero-order valence-electron chi connectivity index (χ0n) is 15.2. The molecule has 0 aromatic heterocycles. The van der Waals surface area contributed by atoms with Gasteiger partial charge in [-0.15, -0.1) is 0 Å². The first-order valence-electron chi connectivity index (χ1n) is 9.11. The molecule has 1 aliphatic rings. The number of nitrogens with one attached hydrogen (secondary N) is 1. The van der Waals surface area contributed by atoms with Gasteiger partial charge in [0.15, 0.2) is 0 Å². The number of hydrogen-bond donors (Lipinski definition) is 1. The van der Waals surface area contributed by atoms with E-state index in [4.69, 9.17) is 0 Å². The Morgan fingerprint density at radius 1 is 0.846 bits per heavy atom. The van der Waals surface area contributed by atoms with E-state index in [1.165, 1.54) is 16.7 Å². The topological polar surface area (TPSA) is 29.1 Å². The smallest absolute Gasteiger partial charge is 0.228 e. The van der Waals surface area contributed by atoms with Crippen molar-refractivity contribution in [3.8, 4) is 0 Å². The molecule has 1 N–H and O–H groups in total. The van der Waals surface area contributed by atoms with Crippen LogP contribution in [-0.2, 0) is 10.2 Å². The van der Waals surface area contributed by atoms with Crippen LogP contribution in [-0.4, -0.2) is 5.91 Å². The van der Waals surface area contributed by atoms with Crippen LogP contribution >= 0.6 is 0 Å². The Morgan fingerprint density at radius 3 is 2.00 bits per heavy atom. The Bertz CT molecular complexity index is 891. The molecule has 1 atom stereocenters. The molecule has 26 heavy (non-hydrogen) atoms. The van der Waals surface area contributed by atoms with E-state index in [0.29, 0.717) is 0 Å². The number of aryl methyl sites for hydroxylation is 1. The van der Waals surface area contributed by atoms with Gasteiger partial charge in [0.05, 0.1) is 5.92 Å². The van der Waals surface area contributed by atoms with Crippen LogP contribution in [0.3, 0.4) is 0 Å². The summed E-state index contributed by atoms with van der Waals surface area (Å²) >= 11 is 0. The second-order valence-electron chi connectivity index (χ2n) is 7.20. The van der Waals surface area contributed by atoms with Gasteiger partial charge in [0.2, 0.25) is 5.91 Å². The van der Waals surface area contributed by atoms with Crippen molar-refractivity contribution in [2.45, 2.75) is 25.7 Å². The molecule has 0 unspecified atom stereocenters. The molecule has 0 saturated heterocycles.